The summed E-state index contributed by atoms with van der Waals surface area (Å²) in [6.45, 7) is 4.29. The number of sulfonamides is 1. The number of hydrogen-bond donors (Lipinski definition) is 0. The van der Waals surface area contributed by atoms with Gasteiger partial charge in [0.2, 0.25) is 10.0 Å². The first-order chi connectivity index (χ1) is 12.9. The summed E-state index contributed by atoms with van der Waals surface area (Å²) >= 11 is 0. The van der Waals surface area contributed by atoms with Gasteiger partial charge in [-0.05, 0) is 51.2 Å². The minimum absolute atomic E-state index is 0.0227. The van der Waals surface area contributed by atoms with E-state index in [1.165, 1.54) is 0 Å². The highest BCUT2D eigenvalue weighted by molar-refractivity contribution is 7.89. The second-order valence-electron chi connectivity index (χ2n) is 7.74. The van der Waals surface area contributed by atoms with Gasteiger partial charge in [0.15, 0.2) is 0 Å². The average molecular weight is 391 g/mol. The van der Waals surface area contributed by atoms with E-state index in [1.54, 1.807) is 17.5 Å². The predicted octanol–water partition coefficient (Wildman–Crippen LogP) is 2.60. The number of fused-ring (bicyclic) bond motifs is 2. The van der Waals surface area contributed by atoms with Crippen LogP contribution in [0.15, 0.2) is 29.3 Å². The summed E-state index contributed by atoms with van der Waals surface area (Å²) in [6.07, 6.45) is 5.28. The average Bonchev–Trinajstić information content (AvgIpc) is 3.18. The van der Waals surface area contributed by atoms with Crippen molar-refractivity contribution in [1.29, 1.82) is 0 Å². The fourth-order valence-corrected chi connectivity index (χ4v) is 6.72. The topological polar surface area (TPSA) is 77.3 Å². The SMILES string of the molecule is COCc1cn(C2CC3CCC(C2)N3S(=O)(=O)c2ccc(C)cc2C)nn1. The van der Waals surface area contributed by atoms with Crippen LogP contribution in [0.5, 0.6) is 0 Å². The fraction of sp³-hybridized carbons (Fsp3) is 0.579. The van der Waals surface area contributed by atoms with E-state index in [0.29, 0.717) is 11.5 Å². The number of benzene rings is 1. The summed E-state index contributed by atoms with van der Waals surface area (Å²) in [5.41, 5.74) is 2.69. The van der Waals surface area contributed by atoms with Crippen LogP contribution in [0.2, 0.25) is 0 Å². The van der Waals surface area contributed by atoms with Crippen LogP contribution in [0.3, 0.4) is 0 Å². The van der Waals surface area contributed by atoms with Crippen LogP contribution in [0.1, 0.15) is 48.5 Å². The molecule has 2 bridgehead atoms. The van der Waals surface area contributed by atoms with Crippen molar-refractivity contribution in [1.82, 2.24) is 19.3 Å². The number of ether oxygens (including phenoxy) is 1. The van der Waals surface area contributed by atoms with Gasteiger partial charge in [0.25, 0.3) is 0 Å². The maximum atomic E-state index is 13.4. The van der Waals surface area contributed by atoms with E-state index in [1.807, 2.05) is 36.9 Å². The quantitative estimate of drug-likeness (QED) is 0.784. The molecule has 2 aliphatic heterocycles. The number of rotatable bonds is 5. The minimum Gasteiger partial charge on any atom is -0.378 e. The van der Waals surface area contributed by atoms with Gasteiger partial charge in [0.05, 0.1) is 23.7 Å². The number of nitrogens with zero attached hydrogens (tertiary/aromatic N) is 4. The molecule has 7 nitrogen and oxygen atoms in total. The van der Waals surface area contributed by atoms with Crippen LogP contribution in [0, 0.1) is 13.8 Å². The normalized spacial score (nSPS) is 25.8. The smallest absolute Gasteiger partial charge is 0.243 e. The van der Waals surface area contributed by atoms with Crippen molar-refractivity contribution in [2.75, 3.05) is 7.11 Å². The molecule has 1 aromatic carbocycles. The second-order valence-corrected chi connectivity index (χ2v) is 9.55. The van der Waals surface area contributed by atoms with Crippen LogP contribution in [0.4, 0.5) is 0 Å². The Morgan fingerprint density at radius 2 is 1.85 bits per heavy atom. The van der Waals surface area contributed by atoms with E-state index in [2.05, 4.69) is 10.3 Å². The molecule has 2 saturated heterocycles. The van der Waals surface area contributed by atoms with Crippen molar-refractivity contribution in [3.63, 3.8) is 0 Å². The summed E-state index contributed by atoms with van der Waals surface area (Å²) in [6, 6.07) is 5.80. The molecule has 4 rings (SSSR count). The number of aryl methyl sites for hydroxylation is 2. The lowest BCUT2D eigenvalue weighted by Crippen LogP contribution is -2.47. The van der Waals surface area contributed by atoms with Gasteiger partial charge in [-0.3, -0.25) is 0 Å². The van der Waals surface area contributed by atoms with E-state index in [9.17, 15) is 8.42 Å². The zero-order chi connectivity index (χ0) is 19.2. The van der Waals surface area contributed by atoms with Gasteiger partial charge in [-0.25, -0.2) is 13.1 Å². The first-order valence-corrected chi connectivity index (χ1v) is 10.8. The van der Waals surface area contributed by atoms with Gasteiger partial charge in [-0.1, -0.05) is 22.9 Å². The van der Waals surface area contributed by atoms with E-state index in [0.717, 1.165) is 42.5 Å². The number of methoxy groups -OCH3 is 1. The summed E-state index contributed by atoms with van der Waals surface area (Å²) in [4.78, 5) is 0.437. The molecule has 1 aromatic heterocycles. The molecule has 0 N–H and O–H groups in total. The summed E-state index contributed by atoms with van der Waals surface area (Å²) < 4.78 is 35.5. The van der Waals surface area contributed by atoms with Crippen LogP contribution in [0.25, 0.3) is 0 Å². The molecule has 27 heavy (non-hydrogen) atoms. The van der Waals surface area contributed by atoms with Crippen molar-refractivity contribution in [2.45, 2.75) is 69.2 Å². The molecular formula is C19H26N4O3S. The number of piperidine rings is 1. The third-order valence-corrected chi connectivity index (χ3v) is 7.92. The van der Waals surface area contributed by atoms with Crippen molar-refractivity contribution in [3.05, 3.63) is 41.2 Å². The molecule has 0 aliphatic carbocycles. The van der Waals surface area contributed by atoms with Crippen molar-refractivity contribution in [3.8, 4) is 0 Å². The Hall–Kier alpha value is -1.77. The summed E-state index contributed by atoms with van der Waals surface area (Å²) in [5.74, 6) is 0. The van der Waals surface area contributed by atoms with E-state index >= 15 is 0 Å². The zero-order valence-corrected chi connectivity index (χ0v) is 16.8. The van der Waals surface area contributed by atoms with Crippen LogP contribution < -0.4 is 0 Å². The molecule has 2 atom stereocenters. The Morgan fingerprint density at radius 3 is 2.48 bits per heavy atom. The van der Waals surface area contributed by atoms with Gasteiger partial charge in [-0.15, -0.1) is 5.10 Å². The van der Waals surface area contributed by atoms with Gasteiger partial charge >= 0.3 is 0 Å². The lowest BCUT2D eigenvalue weighted by atomic mass is 10.00. The molecule has 0 saturated carbocycles. The standard InChI is InChI=1S/C19H26N4O3S/c1-13-4-7-19(14(2)8-13)27(24,25)23-16-5-6-17(23)10-18(9-16)22-11-15(12-26-3)20-21-22/h4,7-8,11,16-18H,5-6,9-10,12H2,1-3H3. The Balaban J connectivity index is 1.58. The highest BCUT2D eigenvalue weighted by Gasteiger charge is 2.48. The van der Waals surface area contributed by atoms with Crippen LogP contribution in [-0.2, 0) is 21.4 Å². The van der Waals surface area contributed by atoms with Crippen LogP contribution in [-0.4, -0.2) is 46.9 Å². The monoisotopic (exact) mass is 390 g/mol. The molecule has 8 heteroatoms. The molecule has 0 radical (unpaired) electrons. The minimum atomic E-state index is -3.49. The Kier molecular flexibility index (Phi) is 4.82. The maximum Gasteiger partial charge on any atom is 0.243 e. The largest absolute Gasteiger partial charge is 0.378 e. The van der Waals surface area contributed by atoms with Gasteiger partial charge < -0.3 is 4.74 Å². The highest BCUT2D eigenvalue weighted by Crippen LogP contribution is 2.44. The lowest BCUT2D eigenvalue weighted by molar-refractivity contribution is 0.180. The third-order valence-electron chi connectivity index (χ3n) is 5.75. The third kappa shape index (κ3) is 3.30. The first kappa shape index (κ1) is 18.6. The summed E-state index contributed by atoms with van der Waals surface area (Å²) in [5, 5.41) is 8.39. The molecule has 0 spiro atoms. The Labute approximate surface area is 160 Å². The van der Waals surface area contributed by atoms with E-state index in [4.69, 9.17) is 4.74 Å². The molecular weight excluding hydrogens is 364 g/mol. The van der Waals surface area contributed by atoms with Gasteiger partial charge in [0.1, 0.15) is 5.69 Å². The lowest BCUT2D eigenvalue weighted by Gasteiger charge is -2.38. The van der Waals surface area contributed by atoms with Gasteiger partial charge in [0, 0.05) is 19.2 Å². The van der Waals surface area contributed by atoms with E-state index in [-0.39, 0.29) is 18.1 Å². The molecule has 146 valence electrons. The highest BCUT2D eigenvalue weighted by atomic mass is 32.2. The summed E-state index contributed by atoms with van der Waals surface area (Å²) in [7, 11) is -1.85. The molecule has 2 aliphatic rings. The zero-order valence-electron chi connectivity index (χ0n) is 16.0. The van der Waals surface area contributed by atoms with Crippen molar-refractivity contribution < 1.29 is 13.2 Å². The molecule has 2 aromatic rings. The second kappa shape index (κ2) is 7.00. The Bertz CT molecular complexity index is 926. The molecule has 2 fully saturated rings. The van der Waals surface area contributed by atoms with Crippen molar-refractivity contribution in [2.24, 2.45) is 0 Å². The van der Waals surface area contributed by atoms with Crippen molar-refractivity contribution >= 4 is 10.0 Å². The predicted molar refractivity (Wildman–Crippen MR) is 101 cm³/mol. The fourth-order valence-electron chi connectivity index (χ4n) is 4.62. The van der Waals surface area contributed by atoms with Gasteiger partial charge in [-0.2, -0.15) is 4.31 Å². The Morgan fingerprint density at radius 1 is 1.15 bits per heavy atom. The maximum absolute atomic E-state index is 13.4. The molecule has 3 heterocycles. The molecule has 2 unspecified atom stereocenters. The van der Waals surface area contributed by atoms with E-state index < -0.39 is 10.0 Å². The molecule has 0 amide bonds. The first-order valence-electron chi connectivity index (χ1n) is 9.40. The number of aromatic nitrogens is 3. The number of hydrogen-bond acceptors (Lipinski definition) is 5. The van der Waals surface area contributed by atoms with Crippen LogP contribution >= 0.6 is 0 Å².